The summed E-state index contributed by atoms with van der Waals surface area (Å²) in [6.07, 6.45) is 7.64. The molecule has 0 radical (unpaired) electrons. The second kappa shape index (κ2) is 11.3. The number of benzene rings is 2. The van der Waals surface area contributed by atoms with Gasteiger partial charge in [0.2, 0.25) is 0 Å². The number of halogens is 2. The van der Waals surface area contributed by atoms with Gasteiger partial charge in [0, 0.05) is 38.7 Å². The van der Waals surface area contributed by atoms with E-state index in [-0.39, 0.29) is 0 Å². The van der Waals surface area contributed by atoms with Crippen LogP contribution in [0.15, 0.2) is 67.4 Å². The Morgan fingerprint density at radius 3 is 2.70 bits per heavy atom. The van der Waals surface area contributed by atoms with E-state index in [1.54, 1.807) is 24.7 Å². The summed E-state index contributed by atoms with van der Waals surface area (Å²) in [5.41, 5.74) is 4.18. The van der Waals surface area contributed by atoms with E-state index in [0.717, 1.165) is 29.5 Å². The molecule has 11 heteroatoms. The first-order valence-electron chi connectivity index (χ1n) is 12.8. The first kappa shape index (κ1) is 27.7. The molecule has 40 heavy (non-hydrogen) atoms. The molecule has 3 heterocycles. The van der Waals surface area contributed by atoms with Gasteiger partial charge < -0.3 is 14.0 Å². The SMILES string of the molecule is C=C(F)/C=C/n1cc(-c2cnc3ccc(Oc4ccc5nc(C)n(COCC[Si](C)(C)C)c5c4)c(Cl)c3n2)cn1. The predicted octanol–water partition coefficient (Wildman–Crippen LogP) is 7.86. The van der Waals surface area contributed by atoms with Crippen molar-refractivity contribution in [1.82, 2.24) is 29.3 Å². The standard InChI is InChI=1S/C29H30ClFN6O2Si/c1-19(31)10-11-36-17-21(15-33-36)25-16-32-24-8-9-27(28(30)29(24)35-25)39-22-6-7-23-26(14-22)37(20(2)34-23)18-38-12-13-40(3,4)5/h6-11,14-17H,1,12-13,18H2,2-5H3/b11-10+. The Hall–Kier alpha value is -3.86. The Morgan fingerprint density at radius 2 is 1.93 bits per heavy atom. The van der Waals surface area contributed by atoms with Crippen molar-refractivity contribution >= 4 is 47.9 Å². The zero-order chi connectivity index (χ0) is 28.4. The van der Waals surface area contributed by atoms with Crippen LogP contribution in [-0.2, 0) is 11.5 Å². The van der Waals surface area contributed by atoms with Crippen LogP contribution >= 0.6 is 11.6 Å². The molecule has 0 saturated heterocycles. The van der Waals surface area contributed by atoms with Gasteiger partial charge in [0.15, 0.2) is 0 Å². The van der Waals surface area contributed by atoms with Gasteiger partial charge in [-0.1, -0.05) is 37.8 Å². The molecule has 0 spiro atoms. The number of nitrogens with zero attached hydrogens (tertiary/aromatic N) is 6. The largest absolute Gasteiger partial charge is 0.456 e. The lowest BCUT2D eigenvalue weighted by Gasteiger charge is -2.16. The minimum absolute atomic E-state index is 0.340. The fraction of sp³-hybridized carbons (Fsp3) is 0.241. The zero-order valence-corrected chi connectivity index (χ0v) is 24.6. The number of aromatic nitrogens is 6. The maximum absolute atomic E-state index is 12.9. The van der Waals surface area contributed by atoms with Crippen molar-refractivity contribution in [2.75, 3.05) is 6.61 Å². The van der Waals surface area contributed by atoms with Crippen LogP contribution in [0.1, 0.15) is 5.82 Å². The van der Waals surface area contributed by atoms with Gasteiger partial charge >= 0.3 is 0 Å². The van der Waals surface area contributed by atoms with Crippen LogP contribution < -0.4 is 4.74 Å². The quantitative estimate of drug-likeness (QED) is 0.0956. The Bertz CT molecular complexity index is 1740. The lowest BCUT2D eigenvalue weighted by Crippen LogP contribution is -2.22. The Balaban J connectivity index is 1.39. The molecule has 206 valence electrons. The number of allylic oxidation sites excluding steroid dienone is 2. The number of fused-ring (bicyclic) bond motifs is 2. The topological polar surface area (TPSA) is 79.9 Å². The van der Waals surface area contributed by atoms with Gasteiger partial charge in [-0.2, -0.15) is 5.10 Å². The van der Waals surface area contributed by atoms with Gasteiger partial charge in [0.25, 0.3) is 0 Å². The van der Waals surface area contributed by atoms with Gasteiger partial charge in [-0.3, -0.25) is 4.98 Å². The summed E-state index contributed by atoms with van der Waals surface area (Å²) < 4.78 is 28.7. The second-order valence-electron chi connectivity index (χ2n) is 10.7. The van der Waals surface area contributed by atoms with Crippen LogP contribution in [0.25, 0.3) is 39.5 Å². The van der Waals surface area contributed by atoms with E-state index in [9.17, 15) is 4.39 Å². The fourth-order valence-corrected chi connectivity index (χ4v) is 5.06. The van der Waals surface area contributed by atoms with Crippen molar-refractivity contribution in [2.24, 2.45) is 0 Å². The Morgan fingerprint density at radius 1 is 1.12 bits per heavy atom. The highest BCUT2D eigenvalue weighted by Gasteiger charge is 2.15. The van der Waals surface area contributed by atoms with Crippen molar-refractivity contribution < 1.29 is 13.9 Å². The van der Waals surface area contributed by atoms with Gasteiger partial charge in [-0.05, 0) is 43.3 Å². The molecule has 0 N–H and O–H groups in total. The highest BCUT2D eigenvalue weighted by Crippen LogP contribution is 2.36. The van der Waals surface area contributed by atoms with Crippen molar-refractivity contribution in [2.45, 2.75) is 39.3 Å². The monoisotopic (exact) mass is 576 g/mol. The summed E-state index contributed by atoms with van der Waals surface area (Å²) in [4.78, 5) is 13.9. The van der Waals surface area contributed by atoms with E-state index in [0.29, 0.717) is 45.5 Å². The third kappa shape index (κ3) is 6.30. The smallest absolute Gasteiger partial charge is 0.148 e. The predicted molar refractivity (Wildman–Crippen MR) is 160 cm³/mol. The minimum atomic E-state index is -1.17. The molecule has 0 unspecified atom stereocenters. The highest BCUT2D eigenvalue weighted by atomic mass is 35.5. The summed E-state index contributed by atoms with van der Waals surface area (Å²) >= 11 is 6.77. The Kier molecular flexibility index (Phi) is 7.84. The summed E-state index contributed by atoms with van der Waals surface area (Å²) in [6.45, 7) is 13.3. The van der Waals surface area contributed by atoms with Crippen LogP contribution in [0, 0.1) is 6.92 Å². The van der Waals surface area contributed by atoms with Crippen molar-refractivity contribution in [1.29, 1.82) is 0 Å². The first-order chi connectivity index (χ1) is 19.1. The average Bonchev–Trinajstić information content (AvgIpc) is 3.50. The molecule has 8 nitrogen and oxygen atoms in total. The van der Waals surface area contributed by atoms with Crippen molar-refractivity contribution in [3.05, 3.63) is 78.3 Å². The number of hydrogen-bond donors (Lipinski definition) is 0. The van der Waals surface area contributed by atoms with Crippen molar-refractivity contribution in [3.8, 4) is 22.8 Å². The average molecular weight is 577 g/mol. The molecule has 5 rings (SSSR count). The molecule has 0 aliphatic carbocycles. The molecule has 0 fully saturated rings. The van der Waals surface area contributed by atoms with E-state index in [2.05, 4.69) is 41.3 Å². The molecule has 0 aliphatic rings. The third-order valence-electron chi connectivity index (χ3n) is 6.28. The first-order valence-corrected chi connectivity index (χ1v) is 16.9. The maximum Gasteiger partial charge on any atom is 0.148 e. The number of aryl methyl sites for hydroxylation is 1. The third-order valence-corrected chi connectivity index (χ3v) is 8.35. The van der Waals surface area contributed by atoms with Crippen LogP contribution in [0.3, 0.4) is 0 Å². The molecular weight excluding hydrogens is 547 g/mol. The summed E-state index contributed by atoms with van der Waals surface area (Å²) in [6, 6.07) is 10.4. The van der Waals surface area contributed by atoms with E-state index < -0.39 is 13.9 Å². The van der Waals surface area contributed by atoms with E-state index in [4.69, 9.17) is 26.1 Å². The minimum Gasteiger partial charge on any atom is -0.456 e. The van der Waals surface area contributed by atoms with E-state index in [1.165, 1.54) is 17.0 Å². The summed E-state index contributed by atoms with van der Waals surface area (Å²) in [5.74, 6) is 1.38. The van der Waals surface area contributed by atoms with E-state index >= 15 is 0 Å². The van der Waals surface area contributed by atoms with Crippen LogP contribution in [0.5, 0.6) is 11.5 Å². The number of hydrogen-bond acceptors (Lipinski definition) is 6. The highest BCUT2D eigenvalue weighted by molar-refractivity contribution is 6.76. The summed E-state index contributed by atoms with van der Waals surface area (Å²) in [7, 11) is -1.17. The lowest BCUT2D eigenvalue weighted by atomic mass is 10.2. The Labute approximate surface area is 237 Å². The summed E-state index contributed by atoms with van der Waals surface area (Å²) in [5, 5.41) is 4.53. The number of imidazole rings is 1. The number of rotatable bonds is 10. The molecule has 3 aromatic heterocycles. The molecule has 2 aromatic carbocycles. The normalized spacial score (nSPS) is 12.2. The molecule has 0 bridgehead atoms. The van der Waals surface area contributed by atoms with Crippen LogP contribution in [0.2, 0.25) is 30.7 Å². The molecule has 5 aromatic rings. The van der Waals surface area contributed by atoms with E-state index in [1.807, 2.05) is 35.8 Å². The molecular formula is C29H30ClFN6O2Si. The van der Waals surface area contributed by atoms with Crippen LogP contribution in [-0.4, -0.2) is 44.0 Å². The molecule has 0 amide bonds. The van der Waals surface area contributed by atoms with Gasteiger partial charge in [-0.25, -0.2) is 19.0 Å². The van der Waals surface area contributed by atoms with Gasteiger partial charge in [-0.15, -0.1) is 0 Å². The maximum atomic E-state index is 12.9. The van der Waals surface area contributed by atoms with Crippen molar-refractivity contribution in [3.63, 3.8) is 0 Å². The van der Waals surface area contributed by atoms with Gasteiger partial charge in [0.1, 0.15) is 40.4 Å². The molecule has 0 aliphatic heterocycles. The van der Waals surface area contributed by atoms with Crippen LogP contribution in [0.4, 0.5) is 4.39 Å². The lowest BCUT2D eigenvalue weighted by molar-refractivity contribution is 0.0885. The molecule has 0 saturated carbocycles. The zero-order valence-electron chi connectivity index (χ0n) is 22.9. The van der Waals surface area contributed by atoms with Gasteiger partial charge in [0.05, 0.1) is 34.6 Å². The molecule has 0 atom stereocenters. The fourth-order valence-electron chi connectivity index (χ4n) is 4.06. The number of ether oxygens (including phenoxy) is 2. The second-order valence-corrected chi connectivity index (χ2v) is 16.7.